The average molecular weight is 470 g/mol. The fraction of sp³-hybridized carbons (Fsp3) is 0.167. The van der Waals surface area contributed by atoms with E-state index in [1.165, 1.54) is 0 Å². The van der Waals surface area contributed by atoms with Crippen LogP contribution in [0.1, 0.15) is 29.3 Å². The highest BCUT2D eigenvalue weighted by molar-refractivity contribution is 14.1. The van der Waals surface area contributed by atoms with E-state index in [9.17, 15) is 9.59 Å². The Kier molecular flexibility index (Phi) is 6.95. The Morgan fingerprint density at radius 2 is 1.84 bits per heavy atom. The number of carbonyl (C=O) groups is 2. The van der Waals surface area contributed by atoms with Crippen molar-refractivity contribution in [1.82, 2.24) is 5.43 Å². The maximum atomic E-state index is 12.1. The lowest BCUT2D eigenvalue weighted by molar-refractivity contribution is -0.115. The van der Waals surface area contributed by atoms with Crippen LogP contribution in [0.3, 0.4) is 0 Å². The van der Waals surface area contributed by atoms with E-state index in [0.717, 1.165) is 9.13 Å². The first-order valence-corrected chi connectivity index (χ1v) is 8.96. The van der Waals surface area contributed by atoms with Crippen LogP contribution in [0.5, 0.6) is 0 Å². The van der Waals surface area contributed by atoms with Crippen molar-refractivity contribution in [3.05, 3.63) is 62.2 Å². The van der Waals surface area contributed by atoms with E-state index in [2.05, 4.69) is 38.4 Å². The molecule has 0 saturated heterocycles. The summed E-state index contributed by atoms with van der Waals surface area (Å²) in [7, 11) is 0. The molecule has 2 amide bonds. The van der Waals surface area contributed by atoms with Crippen molar-refractivity contribution in [3.8, 4) is 0 Å². The Bertz CT molecular complexity index is 820. The first kappa shape index (κ1) is 19.4. The fourth-order valence-electron chi connectivity index (χ4n) is 2.01. The van der Waals surface area contributed by atoms with Gasteiger partial charge in [-0.3, -0.25) is 9.59 Å². The molecular formula is C18H17ClIN3O2. The van der Waals surface area contributed by atoms with E-state index in [0.29, 0.717) is 22.0 Å². The Morgan fingerprint density at radius 1 is 1.16 bits per heavy atom. The molecule has 0 aliphatic carbocycles. The number of anilines is 1. The smallest absolute Gasteiger partial charge is 0.271 e. The Hall–Kier alpha value is -1.93. The topological polar surface area (TPSA) is 70.6 Å². The molecule has 0 bridgehead atoms. The molecule has 0 atom stereocenters. The number of halogens is 2. The number of rotatable bonds is 5. The van der Waals surface area contributed by atoms with Crippen molar-refractivity contribution in [2.45, 2.75) is 20.3 Å². The lowest BCUT2D eigenvalue weighted by Crippen LogP contribution is -2.21. The number of benzene rings is 2. The molecular weight excluding hydrogens is 453 g/mol. The highest BCUT2D eigenvalue weighted by Crippen LogP contribution is 2.20. The molecule has 7 heteroatoms. The summed E-state index contributed by atoms with van der Waals surface area (Å²) in [6.07, 6.45) is 0.0684. The summed E-state index contributed by atoms with van der Waals surface area (Å²) in [5.41, 5.74) is 5.04. The van der Waals surface area contributed by atoms with Gasteiger partial charge in [-0.1, -0.05) is 17.7 Å². The van der Waals surface area contributed by atoms with Gasteiger partial charge in [0.25, 0.3) is 5.91 Å². The standard InChI is InChI=1S/C18H17ClIN3O2/c1-11-3-6-14(19)10-16(11)21-17(24)9-12(2)22-23-18(25)13-4-7-15(20)8-5-13/h3-8,10H,9H2,1-2H3,(H,21,24)(H,23,25). The second kappa shape index (κ2) is 8.96. The first-order chi connectivity index (χ1) is 11.8. The summed E-state index contributed by atoms with van der Waals surface area (Å²) in [5, 5.41) is 7.31. The Morgan fingerprint density at radius 3 is 2.52 bits per heavy atom. The molecule has 5 nitrogen and oxygen atoms in total. The van der Waals surface area contributed by atoms with E-state index < -0.39 is 0 Å². The van der Waals surface area contributed by atoms with E-state index >= 15 is 0 Å². The number of amides is 2. The second-order valence-electron chi connectivity index (χ2n) is 5.48. The molecule has 0 unspecified atom stereocenters. The molecule has 2 aromatic carbocycles. The number of hydrazone groups is 1. The van der Waals surface area contributed by atoms with Crippen molar-refractivity contribution in [2.75, 3.05) is 5.32 Å². The van der Waals surface area contributed by atoms with Crippen LogP contribution in [0.25, 0.3) is 0 Å². The molecule has 2 aromatic rings. The van der Waals surface area contributed by atoms with Crippen LogP contribution < -0.4 is 10.7 Å². The number of hydrogen-bond acceptors (Lipinski definition) is 3. The minimum atomic E-state index is -0.318. The fourth-order valence-corrected chi connectivity index (χ4v) is 2.54. The minimum Gasteiger partial charge on any atom is -0.325 e. The van der Waals surface area contributed by atoms with Crippen LogP contribution in [0.15, 0.2) is 47.6 Å². The highest BCUT2D eigenvalue weighted by atomic mass is 127. The van der Waals surface area contributed by atoms with Gasteiger partial charge in [-0.2, -0.15) is 5.10 Å². The van der Waals surface area contributed by atoms with Gasteiger partial charge in [0.15, 0.2) is 0 Å². The van der Waals surface area contributed by atoms with Gasteiger partial charge < -0.3 is 5.32 Å². The van der Waals surface area contributed by atoms with Crippen molar-refractivity contribution in [1.29, 1.82) is 0 Å². The maximum Gasteiger partial charge on any atom is 0.271 e. The van der Waals surface area contributed by atoms with E-state index in [1.807, 2.05) is 25.1 Å². The summed E-state index contributed by atoms with van der Waals surface area (Å²) in [4.78, 5) is 24.1. The molecule has 0 radical (unpaired) electrons. The van der Waals surface area contributed by atoms with Crippen molar-refractivity contribution in [2.24, 2.45) is 5.10 Å². The summed E-state index contributed by atoms with van der Waals surface area (Å²) in [6, 6.07) is 12.4. The Labute approximate surface area is 165 Å². The molecule has 0 fully saturated rings. The van der Waals surface area contributed by atoms with E-state index in [4.69, 9.17) is 11.6 Å². The quantitative estimate of drug-likeness (QED) is 0.387. The Balaban J connectivity index is 1.91. The molecule has 130 valence electrons. The zero-order chi connectivity index (χ0) is 18.4. The van der Waals surface area contributed by atoms with E-state index in [1.54, 1.807) is 31.2 Å². The number of nitrogens with one attached hydrogen (secondary N) is 2. The van der Waals surface area contributed by atoms with Gasteiger partial charge in [0.05, 0.1) is 6.42 Å². The van der Waals surface area contributed by atoms with Gasteiger partial charge in [-0.25, -0.2) is 5.43 Å². The molecule has 0 aliphatic heterocycles. The van der Waals surface area contributed by atoms with Crippen molar-refractivity contribution < 1.29 is 9.59 Å². The summed E-state index contributed by atoms with van der Waals surface area (Å²) >= 11 is 8.10. The largest absolute Gasteiger partial charge is 0.325 e. The van der Waals surface area contributed by atoms with Gasteiger partial charge >= 0.3 is 0 Å². The molecule has 0 aromatic heterocycles. The van der Waals surface area contributed by atoms with E-state index in [-0.39, 0.29) is 18.2 Å². The van der Waals surface area contributed by atoms with Crippen LogP contribution in [-0.4, -0.2) is 17.5 Å². The number of aryl methyl sites for hydroxylation is 1. The predicted octanol–water partition coefficient (Wildman–Crippen LogP) is 4.39. The van der Waals surface area contributed by atoms with Gasteiger partial charge in [0, 0.05) is 25.6 Å². The molecule has 0 heterocycles. The highest BCUT2D eigenvalue weighted by Gasteiger charge is 2.08. The van der Waals surface area contributed by atoms with Gasteiger partial charge in [0.1, 0.15) is 0 Å². The number of hydrogen-bond donors (Lipinski definition) is 2. The average Bonchev–Trinajstić information content (AvgIpc) is 2.56. The monoisotopic (exact) mass is 469 g/mol. The molecule has 0 saturated carbocycles. The summed E-state index contributed by atoms with van der Waals surface area (Å²) in [5.74, 6) is -0.544. The van der Waals surface area contributed by atoms with Crippen molar-refractivity contribution >= 4 is 57.4 Å². The zero-order valence-corrected chi connectivity index (χ0v) is 16.7. The summed E-state index contributed by atoms with van der Waals surface area (Å²) < 4.78 is 1.04. The number of carbonyl (C=O) groups excluding carboxylic acids is 2. The van der Waals surface area contributed by atoms with Crippen LogP contribution in [0, 0.1) is 10.5 Å². The van der Waals surface area contributed by atoms with Crippen molar-refractivity contribution in [3.63, 3.8) is 0 Å². The number of nitrogens with zero attached hydrogens (tertiary/aromatic N) is 1. The van der Waals surface area contributed by atoms with Crippen LogP contribution in [-0.2, 0) is 4.79 Å². The summed E-state index contributed by atoms with van der Waals surface area (Å²) in [6.45, 7) is 3.56. The second-order valence-corrected chi connectivity index (χ2v) is 7.16. The first-order valence-electron chi connectivity index (χ1n) is 7.50. The molecule has 0 aliphatic rings. The van der Waals surface area contributed by atoms with Gasteiger partial charge in [-0.05, 0) is 78.4 Å². The molecule has 0 spiro atoms. The molecule has 25 heavy (non-hydrogen) atoms. The van der Waals surface area contributed by atoms with Crippen LogP contribution in [0.2, 0.25) is 5.02 Å². The third kappa shape index (κ3) is 6.13. The molecule has 2 N–H and O–H groups in total. The maximum absolute atomic E-state index is 12.1. The molecule has 2 rings (SSSR count). The SMILES string of the molecule is CC(CC(=O)Nc1cc(Cl)ccc1C)=NNC(=O)c1ccc(I)cc1. The normalized spacial score (nSPS) is 11.1. The third-order valence-corrected chi connectivity index (χ3v) is 4.30. The van der Waals surface area contributed by atoms with Crippen LogP contribution in [0.4, 0.5) is 5.69 Å². The van der Waals surface area contributed by atoms with Crippen LogP contribution >= 0.6 is 34.2 Å². The lowest BCUT2D eigenvalue weighted by Gasteiger charge is -2.09. The lowest BCUT2D eigenvalue weighted by atomic mass is 10.2. The zero-order valence-electron chi connectivity index (χ0n) is 13.8. The minimum absolute atomic E-state index is 0.0684. The van der Waals surface area contributed by atoms with Gasteiger partial charge in [-0.15, -0.1) is 0 Å². The predicted molar refractivity (Wildman–Crippen MR) is 109 cm³/mol. The van der Waals surface area contributed by atoms with Gasteiger partial charge in [0.2, 0.25) is 5.91 Å². The third-order valence-electron chi connectivity index (χ3n) is 3.34.